The van der Waals surface area contributed by atoms with Crippen molar-refractivity contribution in [3.8, 4) is 0 Å². The van der Waals surface area contributed by atoms with Gasteiger partial charge in [-0.1, -0.05) is 0 Å². The third kappa shape index (κ3) is 2.05. The van der Waals surface area contributed by atoms with Crippen LogP contribution < -0.4 is 0 Å². The lowest BCUT2D eigenvalue weighted by molar-refractivity contribution is -0.137. The number of ether oxygens (including phenoxy) is 1. The summed E-state index contributed by atoms with van der Waals surface area (Å²) >= 11 is 0.950. The van der Waals surface area contributed by atoms with Gasteiger partial charge in [-0.2, -0.15) is 13.2 Å². The molecule has 0 aromatic carbocycles. The van der Waals surface area contributed by atoms with Gasteiger partial charge in [-0.15, -0.1) is 11.3 Å². The van der Waals surface area contributed by atoms with Crippen LogP contribution in [0.3, 0.4) is 0 Å². The number of nitrogens with zero attached hydrogens (tertiary/aromatic N) is 1. The van der Waals surface area contributed by atoms with Crippen LogP contribution >= 0.6 is 11.3 Å². The molecule has 7 heteroatoms. The summed E-state index contributed by atoms with van der Waals surface area (Å²) in [4.78, 5) is 15.5. The SMILES string of the molecule is COC(=O)c1sc2cc(C(F)(F)F)cnc2c1C. The third-order valence-corrected chi connectivity index (χ3v) is 3.67. The van der Waals surface area contributed by atoms with Crippen LogP contribution in [0.1, 0.15) is 20.8 Å². The van der Waals surface area contributed by atoms with Crippen LogP contribution in [0.25, 0.3) is 10.2 Å². The molecule has 2 aromatic heterocycles. The summed E-state index contributed by atoms with van der Waals surface area (Å²) in [6.07, 6.45) is -3.67. The lowest BCUT2D eigenvalue weighted by atomic mass is 10.2. The molecule has 2 aromatic rings. The Morgan fingerprint density at radius 2 is 2.11 bits per heavy atom. The number of hydrogen-bond donors (Lipinski definition) is 0. The molecule has 0 atom stereocenters. The standard InChI is InChI=1S/C11H8F3NO2S/c1-5-8-7(18-9(5)10(16)17-2)3-6(4-15-8)11(12,13)14/h3-4H,1-2H3. The maximum absolute atomic E-state index is 12.5. The van der Waals surface area contributed by atoms with Crippen LogP contribution in [0.5, 0.6) is 0 Å². The molecule has 18 heavy (non-hydrogen) atoms. The molecular weight excluding hydrogens is 267 g/mol. The van der Waals surface area contributed by atoms with Crippen molar-refractivity contribution in [2.45, 2.75) is 13.1 Å². The number of carbonyl (C=O) groups is 1. The van der Waals surface area contributed by atoms with E-state index in [9.17, 15) is 18.0 Å². The molecule has 0 aliphatic rings. The Balaban J connectivity index is 2.62. The number of fused-ring (bicyclic) bond motifs is 1. The molecule has 0 radical (unpaired) electrons. The van der Waals surface area contributed by atoms with Gasteiger partial charge in [0.1, 0.15) is 4.88 Å². The smallest absolute Gasteiger partial charge is 0.417 e. The number of methoxy groups -OCH3 is 1. The number of carbonyl (C=O) groups excluding carboxylic acids is 1. The average Bonchev–Trinajstić information content (AvgIpc) is 2.64. The molecule has 0 aliphatic carbocycles. The maximum atomic E-state index is 12.5. The minimum atomic E-state index is -4.44. The van der Waals surface area contributed by atoms with Crippen molar-refractivity contribution in [2.24, 2.45) is 0 Å². The molecule has 96 valence electrons. The summed E-state index contributed by atoms with van der Waals surface area (Å²) in [5.41, 5.74) is 0.108. The van der Waals surface area contributed by atoms with Gasteiger partial charge in [0.05, 0.1) is 22.9 Å². The Kier molecular flexibility index (Phi) is 3.02. The van der Waals surface area contributed by atoms with E-state index >= 15 is 0 Å². The van der Waals surface area contributed by atoms with E-state index in [1.54, 1.807) is 6.92 Å². The second-order valence-electron chi connectivity index (χ2n) is 3.62. The molecule has 2 rings (SSSR count). The molecule has 0 N–H and O–H groups in total. The van der Waals surface area contributed by atoms with Crippen LogP contribution in [-0.2, 0) is 10.9 Å². The zero-order valence-corrected chi connectivity index (χ0v) is 10.3. The second kappa shape index (κ2) is 4.24. The molecule has 3 nitrogen and oxygen atoms in total. The number of alkyl halides is 3. The van der Waals surface area contributed by atoms with E-state index in [1.807, 2.05) is 0 Å². The predicted molar refractivity (Wildman–Crippen MR) is 60.7 cm³/mol. The lowest BCUT2D eigenvalue weighted by Gasteiger charge is -2.05. The van der Waals surface area contributed by atoms with Crippen molar-refractivity contribution in [1.82, 2.24) is 4.98 Å². The zero-order chi connectivity index (χ0) is 13.5. The first kappa shape index (κ1) is 12.8. The van der Waals surface area contributed by atoms with Crippen molar-refractivity contribution >= 4 is 27.5 Å². The van der Waals surface area contributed by atoms with Gasteiger partial charge in [0.2, 0.25) is 0 Å². The van der Waals surface area contributed by atoms with Gasteiger partial charge in [0.15, 0.2) is 0 Å². The highest BCUT2D eigenvalue weighted by Gasteiger charge is 2.31. The lowest BCUT2D eigenvalue weighted by Crippen LogP contribution is -2.04. The molecule has 0 amide bonds. The predicted octanol–water partition coefficient (Wildman–Crippen LogP) is 3.41. The molecule has 0 aliphatic heterocycles. The van der Waals surface area contributed by atoms with Gasteiger partial charge < -0.3 is 4.74 Å². The van der Waals surface area contributed by atoms with Crippen molar-refractivity contribution in [3.63, 3.8) is 0 Å². The Hall–Kier alpha value is -1.63. The van der Waals surface area contributed by atoms with E-state index in [0.29, 0.717) is 15.8 Å². The summed E-state index contributed by atoms with van der Waals surface area (Å²) in [6.45, 7) is 1.63. The van der Waals surface area contributed by atoms with Crippen molar-refractivity contribution in [3.05, 3.63) is 28.3 Å². The summed E-state index contributed by atoms with van der Waals surface area (Å²) in [7, 11) is 1.22. The normalized spacial score (nSPS) is 11.8. The Morgan fingerprint density at radius 3 is 2.67 bits per heavy atom. The van der Waals surface area contributed by atoms with E-state index in [0.717, 1.165) is 23.6 Å². The monoisotopic (exact) mass is 275 g/mol. The first-order valence-corrected chi connectivity index (χ1v) is 5.71. The summed E-state index contributed by atoms with van der Waals surface area (Å²) in [6, 6.07) is 0.992. The number of rotatable bonds is 1. The topological polar surface area (TPSA) is 39.2 Å². The fourth-order valence-corrected chi connectivity index (χ4v) is 2.67. The van der Waals surface area contributed by atoms with Crippen molar-refractivity contribution < 1.29 is 22.7 Å². The van der Waals surface area contributed by atoms with Crippen LogP contribution in [0.2, 0.25) is 0 Å². The summed E-state index contributed by atoms with van der Waals surface area (Å²) in [5.74, 6) is -0.566. The van der Waals surface area contributed by atoms with Crippen molar-refractivity contribution in [2.75, 3.05) is 7.11 Å². The van der Waals surface area contributed by atoms with Crippen molar-refractivity contribution in [1.29, 1.82) is 0 Å². The highest BCUT2D eigenvalue weighted by molar-refractivity contribution is 7.20. The fourth-order valence-electron chi connectivity index (χ4n) is 1.54. The molecule has 0 saturated carbocycles. The number of pyridine rings is 1. The highest BCUT2D eigenvalue weighted by Crippen LogP contribution is 2.35. The third-order valence-electron chi connectivity index (χ3n) is 2.46. The number of thiophene rings is 1. The number of aryl methyl sites for hydroxylation is 1. The molecule has 2 heterocycles. The van der Waals surface area contributed by atoms with Crippen LogP contribution in [-0.4, -0.2) is 18.1 Å². The van der Waals surface area contributed by atoms with Gasteiger partial charge in [0.25, 0.3) is 0 Å². The number of halogens is 3. The van der Waals surface area contributed by atoms with Gasteiger partial charge in [-0.05, 0) is 13.0 Å². The van der Waals surface area contributed by atoms with Gasteiger partial charge in [0, 0.05) is 11.8 Å². The molecule has 0 spiro atoms. The first-order valence-electron chi connectivity index (χ1n) is 4.89. The van der Waals surface area contributed by atoms with Gasteiger partial charge in [-0.3, -0.25) is 4.98 Å². The molecule has 0 fully saturated rings. The van der Waals surface area contributed by atoms with Gasteiger partial charge >= 0.3 is 12.1 Å². The molecule has 0 bridgehead atoms. The minimum Gasteiger partial charge on any atom is -0.465 e. The summed E-state index contributed by atoms with van der Waals surface area (Å²) < 4.78 is 42.5. The maximum Gasteiger partial charge on any atom is 0.417 e. The molecular formula is C11H8F3NO2S. The average molecular weight is 275 g/mol. The van der Waals surface area contributed by atoms with Crippen LogP contribution in [0.15, 0.2) is 12.3 Å². The number of esters is 1. The number of aromatic nitrogens is 1. The Bertz CT molecular complexity index is 619. The first-order chi connectivity index (χ1) is 8.34. The number of hydrogen-bond acceptors (Lipinski definition) is 4. The second-order valence-corrected chi connectivity index (χ2v) is 4.67. The quantitative estimate of drug-likeness (QED) is 0.749. The van der Waals surface area contributed by atoms with E-state index in [-0.39, 0.29) is 4.88 Å². The molecule has 0 saturated heterocycles. The van der Waals surface area contributed by atoms with E-state index in [2.05, 4.69) is 9.72 Å². The Labute approximate surface area is 104 Å². The van der Waals surface area contributed by atoms with Crippen LogP contribution in [0, 0.1) is 6.92 Å². The van der Waals surface area contributed by atoms with Gasteiger partial charge in [-0.25, -0.2) is 4.79 Å². The van der Waals surface area contributed by atoms with Crippen LogP contribution in [0.4, 0.5) is 13.2 Å². The largest absolute Gasteiger partial charge is 0.465 e. The Morgan fingerprint density at radius 1 is 1.44 bits per heavy atom. The highest BCUT2D eigenvalue weighted by atomic mass is 32.1. The summed E-state index contributed by atoms with van der Waals surface area (Å²) in [5, 5.41) is 0. The fraction of sp³-hybridized carbons (Fsp3) is 0.273. The minimum absolute atomic E-state index is 0.277. The van der Waals surface area contributed by atoms with E-state index in [4.69, 9.17) is 0 Å². The van der Waals surface area contributed by atoms with E-state index in [1.165, 1.54) is 7.11 Å². The molecule has 0 unspecified atom stereocenters. The zero-order valence-electron chi connectivity index (χ0n) is 9.46. The van der Waals surface area contributed by atoms with E-state index < -0.39 is 17.7 Å².